The van der Waals surface area contributed by atoms with Crippen molar-refractivity contribution in [2.45, 2.75) is 38.8 Å². The molecule has 1 aromatic rings. The first-order valence-corrected chi connectivity index (χ1v) is 6.10. The number of aliphatic carboxylic acids is 1. The molecule has 0 radical (unpaired) electrons. The fraction of sp³-hybridized carbons (Fsp3) is 0.429. The van der Waals surface area contributed by atoms with E-state index in [0.717, 1.165) is 12.1 Å². The Hall–Kier alpha value is -1.95. The van der Waals surface area contributed by atoms with Crippen molar-refractivity contribution >= 4 is 11.9 Å². The van der Waals surface area contributed by atoms with Crippen LogP contribution in [0.1, 0.15) is 36.7 Å². The van der Waals surface area contributed by atoms with Crippen molar-refractivity contribution in [3.8, 4) is 0 Å². The van der Waals surface area contributed by atoms with Crippen molar-refractivity contribution in [1.29, 1.82) is 0 Å². The Bertz CT molecular complexity index is 522. The molecule has 1 aromatic carbocycles. The number of ether oxygens (including phenoxy) is 1. The minimum atomic E-state index is -1.19. The standard InChI is InChI=1S/C14H18FNO4/c1-14(2,3)20-13(19)10-7-9(15)5-4-8(10)6-11(16)12(17)18/h4-5,7,11H,6,16H2,1-3H3,(H,17,18). The van der Waals surface area contributed by atoms with Crippen LogP contribution in [-0.2, 0) is 16.0 Å². The topological polar surface area (TPSA) is 89.6 Å². The van der Waals surface area contributed by atoms with E-state index in [-0.39, 0.29) is 12.0 Å². The number of hydrogen-bond acceptors (Lipinski definition) is 4. The lowest BCUT2D eigenvalue weighted by molar-refractivity contribution is -0.138. The highest BCUT2D eigenvalue weighted by molar-refractivity contribution is 5.91. The van der Waals surface area contributed by atoms with Gasteiger partial charge in [-0.15, -0.1) is 0 Å². The molecule has 0 saturated carbocycles. The summed E-state index contributed by atoms with van der Waals surface area (Å²) in [4.78, 5) is 22.8. The summed E-state index contributed by atoms with van der Waals surface area (Å²) in [5, 5.41) is 8.80. The van der Waals surface area contributed by atoms with Gasteiger partial charge in [-0.3, -0.25) is 4.79 Å². The first-order chi connectivity index (χ1) is 9.10. The number of carboxylic acid groups (broad SMARTS) is 1. The van der Waals surface area contributed by atoms with Gasteiger partial charge in [-0.1, -0.05) is 6.07 Å². The predicted molar refractivity (Wildman–Crippen MR) is 70.9 cm³/mol. The number of halogens is 1. The van der Waals surface area contributed by atoms with E-state index in [4.69, 9.17) is 15.6 Å². The van der Waals surface area contributed by atoms with Gasteiger partial charge in [0.15, 0.2) is 0 Å². The molecule has 0 aliphatic carbocycles. The van der Waals surface area contributed by atoms with Crippen molar-refractivity contribution in [1.82, 2.24) is 0 Å². The molecule has 1 unspecified atom stereocenters. The number of carboxylic acids is 1. The Balaban J connectivity index is 3.07. The summed E-state index contributed by atoms with van der Waals surface area (Å²) in [6.07, 6.45) is -0.0792. The molecule has 0 aromatic heterocycles. The number of rotatable bonds is 4. The monoisotopic (exact) mass is 283 g/mol. The molecule has 5 nitrogen and oxygen atoms in total. The number of nitrogens with two attached hydrogens (primary N) is 1. The highest BCUT2D eigenvalue weighted by atomic mass is 19.1. The lowest BCUT2D eigenvalue weighted by Crippen LogP contribution is -2.33. The van der Waals surface area contributed by atoms with Crippen LogP contribution in [0.5, 0.6) is 0 Å². The van der Waals surface area contributed by atoms with Gasteiger partial charge >= 0.3 is 11.9 Å². The maximum Gasteiger partial charge on any atom is 0.339 e. The van der Waals surface area contributed by atoms with Crippen LogP contribution < -0.4 is 5.73 Å². The highest BCUT2D eigenvalue weighted by Gasteiger charge is 2.23. The number of carbonyl (C=O) groups is 2. The van der Waals surface area contributed by atoms with E-state index in [0.29, 0.717) is 5.56 Å². The largest absolute Gasteiger partial charge is 0.480 e. The van der Waals surface area contributed by atoms with Crippen LogP contribution in [0.2, 0.25) is 0 Å². The van der Waals surface area contributed by atoms with E-state index >= 15 is 0 Å². The first-order valence-electron chi connectivity index (χ1n) is 6.10. The lowest BCUT2D eigenvalue weighted by atomic mass is 10.00. The zero-order chi connectivity index (χ0) is 15.5. The van der Waals surface area contributed by atoms with Crippen molar-refractivity contribution in [3.63, 3.8) is 0 Å². The van der Waals surface area contributed by atoms with Gasteiger partial charge in [0.25, 0.3) is 0 Å². The summed E-state index contributed by atoms with van der Waals surface area (Å²) >= 11 is 0. The Morgan fingerprint density at radius 2 is 2.00 bits per heavy atom. The SMILES string of the molecule is CC(C)(C)OC(=O)c1cc(F)ccc1CC(N)C(=O)O. The fourth-order valence-electron chi connectivity index (χ4n) is 1.57. The van der Waals surface area contributed by atoms with Gasteiger partial charge < -0.3 is 15.6 Å². The third-order valence-electron chi connectivity index (χ3n) is 2.45. The second kappa shape index (κ2) is 6.00. The zero-order valence-corrected chi connectivity index (χ0v) is 11.6. The van der Waals surface area contributed by atoms with Crippen molar-refractivity contribution < 1.29 is 23.8 Å². The Kier molecular flexibility index (Phi) is 4.83. The maximum absolute atomic E-state index is 13.3. The Morgan fingerprint density at radius 1 is 1.40 bits per heavy atom. The van der Waals surface area contributed by atoms with Crippen LogP contribution in [0.4, 0.5) is 4.39 Å². The normalized spacial score (nSPS) is 12.8. The van der Waals surface area contributed by atoms with Gasteiger partial charge in [0.2, 0.25) is 0 Å². The Morgan fingerprint density at radius 3 is 2.50 bits per heavy atom. The summed E-state index contributed by atoms with van der Waals surface area (Å²) in [5.41, 5.74) is 5.05. The predicted octanol–water partition coefficient (Wildman–Crippen LogP) is 1.74. The minimum absolute atomic E-state index is 0.00312. The molecular weight excluding hydrogens is 265 g/mol. The molecule has 20 heavy (non-hydrogen) atoms. The molecule has 1 rings (SSSR count). The van der Waals surface area contributed by atoms with E-state index in [9.17, 15) is 14.0 Å². The van der Waals surface area contributed by atoms with Crippen molar-refractivity contribution in [2.75, 3.05) is 0 Å². The molecule has 0 aliphatic rings. The third-order valence-corrected chi connectivity index (χ3v) is 2.45. The third kappa shape index (κ3) is 4.62. The molecule has 0 fully saturated rings. The number of carbonyl (C=O) groups excluding carboxylic acids is 1. The van der Waals surface area contributed by atoms with E-state index in [1.54, 1.807) is 20.8 Å². The van der Waals surface area contributed by atoms with Gasteiger partial charge in [-0.05, 0) is 44.9 Å². The Labute approximate surface area is 116 Å². The average Bonchev–Trinajstić information content (AvgIpc) is 2.28. The van der Waals surface area contributed by atoms with Crippen LogP contribution in [-0.4, -0.2) is 28.7 Å². The summed E-state index contributed by atoms with van der Waals surface area (Å²) in [6.45, 7) is 5.06. The van der Waals surface area contributed by atoms with Gasteiger partial charge in [-0.25, -0.2) is 9.18 Å². The highest BCUT2D eigenvalue weighted by Crippen LogP contribution is 2.18. The second-order valence-corrected chi connectivity index (χ2v) is 5.45. The minimum Gasteiger partial charge on any atom is -0.480 e. The molecule has 0 amide bonds. The van der Waals surface area contributed by atoms with E-state index < -0.39 is 29.4 Å². The zero-order valence-electron chi connectivity index (χ0n) is 11.6. The number of benzene rings is 1. The molecule has 0 aliphatic heterocycles. The number of esters is 1. The summed E-state index contributed by atoms with van der Waals surface area (Å²) in [5.74, 6) is -2.49. The first kappa shape index (κ1) is 16.1. The smallest absolute Gasteiger partial charge is 0.339 e. The van der Waals surface area contributed by atoms with E-state index in [2.05, 4.69) is 0 Å². The summed E-state index contributed by atoms with van der Waals surface area (Å²) < 4.78 is 18.4. The van der Waals surface area contributed by atoms with Crippen molar-refractivity contribution in [3.05, 3.63) is 35.1 Å². The molecule has 0 saturated heterocycles. The molecule has 6 heteroatoms. The molecule has 1 atom stereocenters. The van der Waals surface area contributed by atoms with Gasteiger partial charge in [0.05, 0.1) is 5.56 Å². The quantitative estimate of drug-likeness (QED) is 0.821. The lowest BCUT2D eigenvalue weighted by Gasteiger charge is -2.21. The average molecular weight is 283 g/mol. The van der Waals surface area contributed by atoms with Crippen LogP contribution in [0.25, 0.3) is 0 Å². The molecule has 0 bridgehead atoms. The number of hydrogen-bond donors (Lipinski definition) is 2. The maximum atomic E-state index is 13.3. The van der Waals surface area contributed by atoms with Gasteiger partial charge in [0, 0.05) is 0 Å². The van der Waals surface area contributed by atoms with Crippen molar-refractivity contribution in [2.24, 2.45) is 5.73 Å². The summed E-state index contributed by atoms with van der Waals surface area (Å²) in [6, 6.07) is 2.36. The second-order valence-electron chi connectivity index (χ2n) is 5.45. The molecular formula is C14H18FNO4. The van der Waals surface area contributed by atoms with Crippen LogP contribution in [0, 0.1) is 5.82 Å². The molecule has 0 heterocycles. The molecule has 3 N–H and O–H groups in total. The van der Waals surface area contributed by atoms with Gasteiger partial charge in [-0.2, -0.15) is 0 Å². The van der Waals surface area contributed by atoms with E-state index in [1.807, 2.05) is 0 Å². The van der Waals surface area contributed by atoms with Crippen LogP contribution >= 0.6 is 0 Å². The molecule has 0 spiro atoms. The van der Waals surface area contributed by atoms with Crippen LogP contribution in [0.15, 0.2) is 18.2 Å². The fourth-order valence-corrected chi connectivity index (χ4v) is 1.57. The summed E-state index contributed by atoms with van der Waals surface area (Å²) in [7, 11) is 0. The van der Waals surface area contributed by atoms with Gasteiger partial charge in [0.1, 0.15) is 17.5 Å². The molecule has 110 valence electrons. The van der Waals surface area contributed by atoms with Crippen LogP contribution in [0.3, 0.4) is 0 Å². The van der Waals surface area contributed by atoms with E-state index in [1.165, 1.54) is 6.07 Å².